The van der Waals surface area contributed by atoms with Crippen LogP contribution in [0.1, 0.15) is 25.0 Å². The maximum absolute atomic E-state index is 13.5. The summed E-state index contributed by atoms with van der Waals surface area (Å²) in [6, 6.07) is 6.58. The van der Waals surface area contributed by atoms with E-state index >= 15 is 0 Å². The van der Waals surface area contributed by atoms with Gasteiger partial charge in [-0.1, -0.05) is 6.07 Å². The fourth-order valence-electron chi connectivity index (χ4n) is 1.40. The van der Waals surface area contributed by atoms with Crippen LogP contribution in [0.25, 0.3) is 0 Å². The van der Waals surface area contributed by atoms with Crippen LogP contribution in [0.3, 0.4) is 0 Å². The molecule has 17 heavy (non-hydrogen) atoms. The van der Waals surface area contributed by atoms with Gasteiger partial charge in [0.25, 0.3) is 0 Å². The van der Waals surface area contributed by atoms with E-state index in [4.69, 9.17) is 10.00 Å². The van der Waals surface area contributed by atoms with Crippen LogP contribution in [-0.2, 0) is 11.3 Å². The van der Waals surface area contributed by atoms with Crippen LogP contribution in [0.5, 0.6) is 0 Å². The molecule has 0 aliphatic rings. The van der Waals surface area contributed by atoms with Crippen molar-refractivity contribution >= 4 is 0 Å². The van der Waals surface area contributed by atoms with Gasteiger partial charge in [-0.25, -0.2) is 4.39 Å². The molecule has 1 aromatic rings. The molecule has 0 aromatic heterocycles. The monoisotopic (exact) mass is 236 g/mol. The molecule has 0 heterocycles. The van der Waals surface area contributed by atoms with Crippen molar-refractivity contribution in [2.45, 2.75) is 26.4 Å². The Kier molecular flexibility index (Phi) is 5.61. The number of hydrogen-bond acceptors (Lipinski definition) is 3. The quantitative estimate of drug-likeness (QED) is 0.823. The first-order valence-electron chi connectivity index (χ1n) is 5.67. The maximum Gasteiger partial charge on any atom is 0.129 e. The van der Waals surface area contributed by atoms with Crippen molar-refractivity contribution in [1.29, 1.82) is 5.26 Å². The van der Waals surface area contributed by atoms with Gasteiger partial charge < -0.3 is 10.1 Å². The molecule has 1 N–H and O–H groups in total. The number of rotatable bonds is 6. The molecule has 0 bridgehead atoms. The molecule has 0 fully saturated rings. The second-order valence-electron chi connectivity index (χ2n) is 3.86. The van der Waals surface area contributed by atoms with Crippen molar-refractivity contribution in [2.75, 3.05) is 13.2 Å². The molecule has 1 unspecified atom stereocenters. The highest BCUT2D eigenvalue weighted by Crippen LogP contribution is 2.09. The van der Waals surface area contributed by atoms with E-state index in [0.29, 0.717) is 30.9 Å². The van der Waals surface area contributed by atoms with E-state index in [2.05, 4.69) is 5.32 Å². The Balaban J connectivity index is 2.49. The minimum Gasteiger partial charge on any atom is -0.380 e. The van der Waals surface area contributed by atoms with Crippen molar-refractivity contribution in [2.24, 2.45) is 0 Å². The zero-order valence-electron chi connectivity index (χ0n) is 10.2. The van der Waals surface area contributed by atoms with Crippen LogP contribution in [0, 0.1) is 17.1 Å². The molecule has 1 rings (SSSR count). The topological polar surface area (TPSA) is 45.0 Å². The second-order valence-corrected chi connectivity index (χ2v) is 3.86. The van der Waals surface area contributed by atoms with Gasteiger partial charge in [0.05, 0.1) is 18.2 Å². The largest absolute Gasteiger partial charge is 0.380 e. The Bertz CT molecular complexity index is 401. The lowest BCUT2D eigenvalue weighted by molar-refractivity contribution is 0.127. The summed E-state index contributed by atoms with van der Waals surface area (Å²) in [5, 5.41) is 11.8. The molecule has 0 aliphatic carbocycles. The van der Waals surface area contributed by atoms with E-state index in [0.717, 1.165) is 0 Å². The third-order valence-electron chi connectivity index (χ3n) is 2.40. The molecule has 0 amide bonds. The number of nitrogens with zero attached hydrogens (tertiary/aromatic N) is 1. The van der Waals surface area contributed by atoms with Crippen LogP contribution in [0.15, 0.2) is 18.2 Å². The SMILES string of the molecule is CCOCC(C)NCc1ccc(C#N)cc1F. The van der Waals surface area contributed by atoms with Gasteiger partial charge in [-0.15, -0.1) is 0 Å². The van der Waals surface area contributed by atoms with Gasteiger partial charge >= 0.3 is 0 Å². The number of ether oxygens (including phenoxy) is 1. The summed E-state index contributed by atoms with van der Waals surface area (Å²) in [7, 11) is 0. The van der Waals surface area contributed by atoms with Gasteiger partial charge in [0.15, 0.2) is 0 Å². The van der Waals surface area contributed by atoms with Gasteiger partial charge in [-0.05, 0) is 26.0 Å². The molecule has 0 aliphatic heterocycles. The Labute approximate surface area is 101 Å². The first kappa shape index (κ1) is 13.6. The van der Waals surface area contributed by atoms with Crippen LogP contribution < -0.4 is 5.32 Å². The van der Waals surface area contributed by atoms with E-state index in [1.807, 2.05) is 19.9 Å². The summed E-state index contributed by atoms with van der Waals surface area (Å²) in [6.45, 7) is 5.64. The molecule has 0 radical (unpaired) electrons. The minimum atomic E-state index is -0.347. The van der Waals surface area contributed by atoms with Gasteiger partial charge in [-0.2, -0.15) is 5.26 Å². The van der Waals surface area contributed by atoms with E-state index in [9.17, 15) is 4.39 Å². The molecule has 3 nitrogen and oxygen atoms in total. The van der Waals surface area contributed by atoms with Crippen molar-refractivity contribution in [1.82, 2.24) is 5.32 Å². The summed E-state index contributed by atoms with van der Waals surface area (Å²) >= 11 is 0. The third kappa shape index (κ3) is 4.51. The first-order valence-corrected chi connectivity index (χ1v) is 5.67. The van der Waals surface area contributed by atoms with E-state index in [1.54, 1.807) is 12.1 Å². The highest BCUT2D eigenvalue weighted by molar-refractivity contribution is 5.32. The van der Waals surface area contributed by atoms with Crippen molar-refractivity contribution in [3.8, 4) is 6.07 Å². The third-order valence-corrected chi connectivity index (χ3v) is 2.40. The first-order chi connectivity index (χ1) is 8.17. The Morgan fingerprint density at radius 3 is 2.88 bits per heavy atom. The zero-order chi connectivity index (χ0) is 12.7. The van der Waals surface area contributed by atoms with Crippen LogP contribution >= 0.6 is 0 Å². The normalized spacial score (nSPS) is 12.1. The average Bonchev–Trinajstić information content (AvgIpc) is 2.34. The average molecular weight is 236 g/mol. The predicted octanol–water partition coefficient (Wildman–Crippen LogP) is 2.21. The standard InChI is InChI=1S/C13H17FN2O/c1-3-17-9-10(2)16-8-12-5-4-11(7-15)6-13(12)14/h4-6,10,16H,3,8-9H2,1-2H3. The summed E-state index contributed by atoms with van der Waals surface area (Å²) in [5.74, 6) is -0.347. The summed E-state index contributed by atoms with van der Waals surface area (Å²) in [5.41, 5.74) is 0.904. The Morgan fingerprint density at radius 1 is 1.53 bits per heavy atom. The number of nitriles is 1. The fourth-order valence-corrected chi connectivity index (χ4v) is 1.40. The minimum absolute atomic E-state index is 0.171. The van der Waals surface area contributed by atoms with Gasteiger partial charge in [0, 0.05) is 24.8 Å². The summed E-state index contributed by atoms with van der Waals surface area (Å²) in [6.07, 6.45) is 0. The van der Waals surface area contributed by atoms with Crippen molar-refractivity contribution < 1.29 is 9.13 Å². The van der Waals surface area contributed by atoms with Crippen LogP contribution in [0.4, 0.5) is 4.39 Å². The van der Waals surface area contributed by atoms with Crippen LogP contribution in [-0.4, -0.2) is 19.3 Å². The van der Waals surface area contributed by atoms with Gasteiger partial charge in [0.1, 0.15) is 5.82 Å². The van der Waals surface area contributed by atoms with Crippen LogP contribution in [0.2, 0.25) is 0 Å². The highest BCUT2D eigenvalue weighted by Gasteiger charge is 2.06. The molecule has 0 saturated heterocycles. The number of nitrogens with one attached hydrogen (secondary N) is 1. The maximum atomic E-state index is 13.5. The number of halogens is 1. The van der Waals surface area contributed by atoms with Crippen molar-refractivity contribution in [3.05, 3.63) is 35.1 Å². The van der Waals surface area contributed by atoms with Crippen molar-refractivity contribution in [3.63, 3.8) is 0 Å². The molecular weight excluding hydrogens is 219 g/mol. The van der Waals surface area contributed by atoms with E-state index in [1.165, 1.54) is 6.07 Å². The molecule has 0 spiro atoms. The molecule has 92 valence electrons. The summed E-state index contributed by atoms with van der Waals surface area (Å²) < 4.78 is 18.8. The van der Waals surface area contributed by atoms with Gasteiger partial charge in [0.2, 0.25) is 0 Å². The van der Waals surface area contributed by atoms with E-state index < -0.39 is 0 Å². The summed E-state index contributed by atoms with van der Waals surface area (Å²) in [4.78, 5) is 0. The molecular formula is C13H17FN2O. The second kappa shape index (κ2) is 7.00. The lowest BCUT2D eigenvalue weighted by Gasteiger charge is -2.13. The predicted molar refractivity (Wildman–Crippen MR) is 63.9 cm³/mol. The Morgan fingerprint density at radius 2 is 2.29 bits per heavy atom. The fraction of sp³-hybridized carbons (Fsp3) is 0.462. The van der Waals surface area contributed by atoms with E-state index in [-0.39, 0.29) is 11.9 Å². The molecule has 1 aromatic carbocycles. The lowest BCUT2D eigenvalue weighted by atomic mass is 10.1. The number of hydrogen-bond donors (Lipinski definition) is 1. The number of benzene rings is 1. The highest BCUT2D eigenvalue weighted by atomic mass is 19.1. The van der Waals surface area contributed by atoms with Gasteiger partial charge in [-0.3, -0.25) is 0 Å². The molecule has 4 heteroatoms. The zero-order valence-corrected chi connectivity index (χ0v) is 10.2. The lowest BCUT2D eigenvalue weighted by Crippen LogP contribution is -2.30. The smallest absolute Gasteiger partial charge is 0.129 e. The molecule has 1 atom stereocenters. The Hall–Kier alpha value is -1.44. The molecule has 0 saturated carbocycles.